The third-order valence-electron chi connectivity index (χ3n) is 6.45. The van der Waals surface area contributed by atoms with E-state index >= 15 is 0 Å². The van der Waals surface area contributed by atoms with Crippen molar-refractivity contribution in [2.45, 2.75) is 52.9 Å². The van der Waals surface area contributed by atoms with E-state index in [0.29, 0.717) is 42.3 Å². The number of allylic oxidation sites excluding steroid dienone is 5. The molecule has 0 saturated heterocycles. The first-order chi connectivity index (χ1) is 15.8. The molecule has 0 fully saturated rings. The molecule has 3 atom stereocenters. The van der Waals surface area contributed by atoms with Gasteiger partial charge < -0.3 is 9.47 Å². The molecule has 4 heteroatoms. The van der Waals surface area contributed by atoms with Crippen molar-refractivity contribution in [1.82, 2.24) is 0 Å². The molecule has 3 unspecified atom stereocenters. The van der Waals surface area contributed by atoms with Crippen molar-refractivity contribution in [3.05, 3.63) is 77.6 Å². The fourth-order valence-corrected chi connectivity index (χ4v) is 4.82. The van der Waals surface area contributed by atoms with Gasteiger partial charge in [0.25, 0.3) is 0 Å². The average molecular weight is 459 g/mol. The normalized spacial score (nSPS) is 19.7. The summed E-state index contributed by atoms with van der Waals surface area (Å²) in [7, 11) is 0. The van der Waals surface area contributed by atoms with Crippen LogP contribution in [0.4, 0.5) is 8.78 Å². The minimum absolute atomic E-state index is 0.0783. The van der Waals surface area contributed by atoms with Gasteiger partial charge in [-0.25, -0.2) is 4.39 Å². The van der Waals surface area contributed by atoms with Crippen molar-refractivity contribution in [2.24, 2.45) is 17.8 Å². The van der Waals surface area contributed by atoms with Crippen LogP contribution in [0.15, 0.2) is 72.1 Å². The molecular formula is C29H40F2O2. The van der Waals surface area contributed by atoms with Gasteiger partial charge in [-0.3, -0.25) is 4.39 Å². The highest BCUT2D eigenvalue weighted by Gasteiger charge is 2.33. The van der Waals surface area contributed by atoms with E-state index in [4.69, 9.17) is 9.47 Å². The predicted molar refractivity (Wildman–Crippen MR) is 134 cm³/mol. The number of ether oxygens (including phenoxy) is 2. The zero-order valence-electron chi connectivity index (χ0n) is 20.7. The van der Waals surface area contributed by atoms with Gasteiger partial charge in [0.2, 0.25) is 0 Å². The topological polar surface area (TPSA) is 18.5 Å². The van der Waals surface area contributed by atoms with Crippen molar-refractivity contribution in [1.29, 1.82) is 0 Å². The molecule has 0 heterocycles. The second-order valence-corrected chi connectivity index (χ2v) is 9.19. The predicted octanol–water partition coefficient (Wildman–Crippen LogP) is 8.14. The van der Waals surface area contributed by atoms with Crippen LogP contribution in [-0.2, 0) is 4.74 Å². The monoisotopic (exact) mass is 458 g/mol. The minimum atomic E-state index is -0.493. The molecule has 1 aliphatic rings. The lowest BCUT2D eigenvalue weighted by Gasteiger charge is -2.38. The highest BCUT2D eigenvalue weighted by atomic mass is 19.1. The van der Waals surface area contributed by atoms with E-state index < -0.39 is 13.3 Å². The quantitative estimate of drug-likeness (QED) is 0.129. The van der Waals surface area contributed by atoms with E-state index in [1.807, 2.05) is 24.3 Å². The summed E-state index contributed by atoms with van der Waals surface area (Å²) in [4.78, 5) is 0. The smallest absolute Gasteiger partial charge is 0.123 e. The molecule has 0 saturated carbocycles. The van der Waals surface area contributed by atoms with Gasteiger partial charge in [-0.05, 0) is 54.0 Å². The Morgan fingerprint density at radius 1 is 1.00 bits per heavy atom. The molecule has 182 valence electrons. The Hall–Kier alpha value is -2.36. The summed E-state index contributed by atoms with van der Waals surface area (Å²) in [6, 6.07) is 8.10. The van der Waals surface area contributed by atoms with Crippen LogP contribution in [0.1, 0.15) is 58.4 Å². The summed E-state index contributed by atoms with van der Waals surface area (Å²) < 4.78 is 35.6. The lowest BCUT2D eigenvalue weighted by molar-refractivity contribution is 0.211. The Morgan fingerprint density at radius 2 is 1.70 bits per heavy atom. The van der Waals surface area contributed by atoms with E-state index in [2.05, 4.69) is 53.0 Å². The van der Waals surface area contributed by atoms with Gasteiger partial charge in [0.1, 0.15) is 24.8 Å². The molecule has 0 aliphatic heterocycles. The van der Waals surface area contributed by atoms with Crippen LogP contribution in [0.2, 0.25) is 0 Å². The Kier molecular flexibility index (Phi) is 10.9. The molecule has 1 aromatic rings. The van der Waals surface area contributed by atoms with Crippen molar-refractivity contribution >= 4 is 0 Å². The fourth-order valence-electron chi connectivity index (χ4n) is 4.82. The molecule has 1 aromatic carbocycles. The number of rotatable bonds is 13. The molecule has 33 heavy (non-hydrogen) atoms. The summed E-state index contributed by atoms with van der Waals surface area (Å²) in [5.74, 6) is 2.66. The summed E-state index contributed by atoms with van der Waals surface area (Å²) in [6.45, 7) is 16.9. The minimum Gasteiger partial charge on any atom is -0.494 e. The first-order valence-electron chi connectivity index (χ1n) is 12.1. The van der Waals surface area contributed by atoms with Crippen LogP contribution in [-0.4, -0.2) is 26.6 Å². The van der Waals surface area contributed by atoms with E-state index in [9.17, 15) is 8.78 Å². The third-order valence-corrected chi connectivity index (χ3v) is 6.45. The molecule has 2 nitrogen and oxygen atoms in total. The van der Waals surface area contributed by atoms with Crippen LogP contribution in [0.3, 0.4) is 0 Å². The Bertz CT molecular complexity index is 836. The lowest BCUT2D eigenvalue weighted by Crippen LogP contribution is -2.24. The molecule has 0 bridgehead atoms. The average Bonchev–Trinajstić information content (AvgIpc) is 2.80. The lowest BCUT2D eigenvalue weighted by atomic mass is 9.67. The zero-order chi connectivity index (χ0) is 24.4. The van der Waals surface area contributed by atoms with Crippen LogP contribution in [0.5, 0.6) is 5.75 Å². The van der Waals surface area contributed by atoms with Gasteiger partial charge >= 0.3 is 0 Å². The molecule has 2 rings (SSSR count). The van der Waals surface area contributed by atoms with E-state index in [-0.39, 0.29) is 12.5 Å². The van der Waals surface area contributed by atoms with Gasteiger partial charge in [-0.2, -0.15) is 0 Å². The summed E-state index contributed by atoms with van der Waals surface area (Å²) in [6.07, 6.45) is 6.39. The maximum atomic E-state index is 12.4. The van der Waals surface area contributed by atoms with E-state index in [1.54, 1.807) is 0 Å². The van der Waals surface area contributed by atoms with Gasteiger partial charge in [0.15, 0.2) is 0 Å². The third kappa shape index (κ3) is 7.58. The van der Waals surface area contributed by atoms with Gasteiger partial charge in [-0.1, -0.05) is 70.2 Å². The van der Waals surface area contributed by atoms with Crippen LogP contribution < -0.4 is 4.74 Å². The van der Waals surface area contributed by atoms with Crippen LogP contribution in [0.25, 0.3) is 0 Å². The summed E-state index contributed by atoms with van der Waals surface area (Å²) in [5, 5.41) is 0. The van der Waals surface area contributed by atoms with Gasteiger partial charge in [0, 0.05) is 18.3 Å². The van der Waals surface area contributed by atoms with Crippen molar-refractivity contribution in [2.75, 3.05) is 26.6 Å². The molecule has 0 amide bonds. The molecule has 0 radical (unpaired) electrons. The van der Waals surface area contributed by atoms with E-state index in [1.165, 1.54) is 16.7 Å². The Balaban J connectivity index is 2.30. The van der Waals surface area contributed by atoms with Crippen molar-refractivity contribution in [3.63, 3.8) is 0 Å². The number of hydrogen-bond donors (Lipinski definition) is 0. The Morgan fingerprint density at radius 3 is 2.30 bits per heavy atom. The maximum Gasteiger partial charge on any atom is 0.123 e. The van der Waals surface area contributed by atoms with Gasteiger partial charge in [-0.15, -0.1) is 0 Å². The first-order valence-corrected chi connectivity index (χ1v) is 12.1. The van der Waals surface area contributed by atoms with Crippen LogP contribution in [0, 0.1) is 17.8 Å². The molecule has 0 N–H and O–H groups in total. The fraction of sp³-hybridized carbons (Fsp3) is 0.517. The second-order valence-electron chi connectivity index (χ2n) is 9.19. The van der Waals surface area contributed by atoms with Crippen LogP contribution >= 0.6 is 0 Å². The SMILES string of the molecule is C=C(/C=C\C(=C)C(C)C1=C(C(C)C)C(C)CCC1c1ccc(OCCF)cc1)OCCCF. The number of halogens is 2. The van der Waals surface area contributed by atoms with Crippen molar-refractivity contribution < 1.29 is 18.3 Å². The molecule has 0 spiro atoms. The van der Waals surface area contributed by atoms with Crippen molar-refractivity contribution in [3.8, 4) is 5.75 Å². The first kappa shape index (κ1) is 26.9. The highest BCUT2D eigenvalue weighted by Crippen LogP contribution is 2.47. The second kappa shape index (κ2) is 13.4. The standard InChI is InChI=1S/C29H40F2O2/c1-20(2)28-22(4)9-15-27(25-11-13-26(14-12-25)33-19-17-31)29(28)24(6)21(3)8-10-23(5)32-18-7-16-30/h8,10-14,20,22,24,27H,3,5,7,9,15-19H2,1-2,4,6H3/b10-8-. The largest absolute Gasteiger partial charge is 0.494 e. The van der Waals surface area contributed by atoms with Gasteiger partial charge in [0.05, 0.1) is 13.3 Å². The number of alkyl halides is 2. The highest BCUT2D eigenvalue weighted by molar-refractivity contribution is 5.43. The maximum absolute atomic E-state index is 12.4. The Labute approximate surface area is 199 Å². The zero-order valence-corrected chi connectivity index (χ0v) is 20.7. The number of benzene rings is 1. The summed E-state index contributed by atoms with van der Waals surface area (Å²) >= 11 is 0. The summed E-state index contributed by atoms with van der Waals surface area (Å²) in [5.41, 5.74) is 5.22. The molecule has 0 aromatic heterocycles. The number of hydrogen-bond acceptors (Lipinski definition) is 2. The van der Waals surface area contributed by atoms with E-state index in [0.717, 1.165) is 18.4 Å². The molecular weight excluding hydrogens is 418 g/mol. The molecule has 1 aliphatic carbocycles.